The Hall–Kier alpha value is -2.41. The Kier molecular flexibility index (Phi) is 5.27. The lowest BCUT2D eigenvalue weighted by molar-refractivity contribution is -0.123. The molecular formula is C19H26N4O3. The van der Waals surface area contributed by atoms with Crippen LogP contribution in [0.2, 0.25) is 0 Å². The van der Waals surface area contributed by atoms with Crippen LogP contribution in [0.15, 0.2) is 24.3 Å². The van der Waals surface area contributed by atoms with Crippen molar-refractivity contribution >= 4 is 17.8 Å². The molecule has 1 unspecified atom stereocenters. The highest BCUT2D eigenvalue weighted by Gasteiger charge is 2.43. The number of nitrogens with zero attached hydrogens (tertiary/aromatic N) is 1. The maximum Gasteiger partial charge on any atom is 0.322 e. The van der Waals surface area contributed by atoms with Crippen LogP contribution in [0.4, 0.5) is 4.79 Å². The second-order valence-corrected chi connectivity index (χ2v) is 7.24. The smallest absolute Gasteiger partial charge is 0.322 e. The van der Waals surface area contributed by atoms with Gasteiger partial charge in [-0.1, -0.05) is 12.1 Å². The second kappa shape index (κ2) is 7.45. The Labute approximate surface area is 153 Å². The zero-order valence-corrected chi connectivity index (χ0v) is 15.3. The van der Waals surface area contributed by atoms with Crippen LogP contribution in [0.3, 0.4) is 0 Å². The monoisotopic (exact) mass is 358 g/mol. The first-order valence-corrected chi connectivity index (χ1v) is 9.12. The number of urea groups is 1. The number of amides is 4. The minimum absolute atomic E-state index is 0.0219. The van der Waals surface area contributed by atoms with Crippen LogP contribution in [0.5, 0.6) is 0 Å². The Balaban J connectivity index is 1.63. The molecule has 1 aromatic rings. The average molecular weight is 358 g/mol. The van der Waals surface area contributed by atoms with Crippen molar-refractivity contribution in [2.75, 3.05) is 26.7 Å². The Morgan fingerprint density at radius 3 is 2.42 bits per heavy atom. The molecule has 2 aliphatic heterocycles. The van der Waals surface area contributed by atoms with Crippen molar-refractivity contribution in [3.05, 3.63) is 35.4 Å². The number of benzene rings is 1. The SMILES string of the molecule is CNCCC1CCN(C(=O)c2ccc(C3(C)NC(=O)NC3=O)cc2)CC1. The first-order valence-electron chi connectivity index (χ1n) is 9.12. The molecule has 2 heterocycles. The van der Waals surface area contributed by atoms with Gasteiger partial charge in [0.25, 0.3) is 11.8 Å². The molecule has 0 spiro atoms. The maximum absolute atomic E-state index is 12.7. The summed E-state index contributed by atoms with van der Waals surface area (Å²) in [5.74, 6) is 0.317. The van der Waals surface area contributed by atoms with Crippen LogP contribution >= 0.6 is 0 Å². The number of imide groups is 1. The number of carbonyl (C=O) groups excluding carboxylic acids is 3. The fraction of sp³-hybridized carbons (Fsp3) is 0.526. The molecule has 1 atom stereocenters. The van der Waals surface area contributed by atoms with Gasteiger partial charge < -0.3 is 15.5 Å². The van der Waals surface area contributed by atoms with Gasteiger partial charge in [0.2, 0.25) is 0 Å². The number of nitrogens with one attached hydrogen (secondary N) is 3. The maximum atomic E-state index is 12.7. The highest BCUT2D eigenvalue weighted by atomic mass is 16.2. The molecule has 0 aromatic heterocycles. The van der Waals surface area contributed by atoms with Crippen molar-refractivity contribution in [1.82, 2.24) is 20.9 Å². The molecule has 0 bridgehead atoms. The molecule has 7 nitrogen and oxygen atoms in total. The molecule has 2 aliphatic rings. The van der Waals surface area contributed by atoms with Crippen LogP contribution in [-0.4, -0.2) is 49.4 Å². The van der Waals surface area contributed by atoms with Gasteiger partial charge in [0.1, 0.15) is 5.54 Å². The van der Waals surface area contributed by atoms with E-state index in [9.17, 15) is 14.4 Å². The zero-order valence-electron chi connectivity index (χ0n) is 15.3. The van der Waals surface area contributed by atoms with Crippen molar-refractivity contribution < 1.29 is 14.4 Å². The van der Waals surface area contributed by atoms with Crippen LogP contribution in [0.1, 0.15) is 42.1 Å². The van der Waals surface area contributed by atoms with Gasteiger partial charge in [-0.15, -0.1) is 0 Å². The van der Waals surface area contributed by atoms with Crippen LogP contribution in [-0.2, 0) is 10.3 Å². The summed E-state index contributed by atoms with van der Waals surface area (Å²) in [4.78, 5) is 38.0. The van der Waals surface area contributed by atoms with Crippen molar-refractivity contribution in [2.45, 2.75) is 31.7 Å². The van der Waals surface area contributed by atoms with E-state index in [1.165, 1.54) is 0 Å². The highest BCUT2D eigenvalue weighted by Crippen LogP contribution is 2.26. The highest BCUT2D eigenvalue weighted by molar-refractivity contribution is 6.07. The van der Waals surface area contributed by atoms with Crippen molar-refractivity contribution in [1.29, 1.82) is 0 Å². The van der Waals surface area contributed by atoms with Gasteiger partial charge in [0.15, 0.2) is 0 Å². The quantitative estimate of drug-likeness (QED) is 0.690. The van der Waals surface area contributed by atoms with Gasteiger partial charge in [0, 0.05) is 18.7 Å². The van der Waals surface area contributed by atoms with Gasteiger partial charge in [-0.3, -0.25) is 14.9 Å². The minimum atomic E-state index is -1.09. The number of hydrogen-bond donors (Lipinski definition) is 3. The van der Waals surface area contributed by atoms with Gasteiger partial charge in [-0.2, -0.15) is 0 Å². The summed E-state index contributed by atoms with van der Waals surface area (Å²) in [6.45, 7) is 4.24. The lowest BCUT2D eigenvalue weighted by Crippen LogP contribution is -2.41. The molecule has 140 valence electrons. The Morgan fingerprint density at radius 2 is 1.88 bits per heavy atom. The van der Waals surface area contributed by atoms with E-state index >= 15 is 0 Å². The predicted molar refractivity (Wildman–Crippen MR) is 97.6 cm³/mol. The molecule has 0 aliphatic carbocycles. The lowest BCUT2D eigenvalue weighted by Gasteiger charge is -2.32. The summed E-state index contributed by atoms with van der Waals surface area (Å²) >= 11 is 0. The van der Waals surface area contributed by atoms with E-state index in [1.807, 2.05) is 11.9 Å². The van der Waals surface area contributed by atoms with Gasteiger partial charge in [0.05, 0.1) is 0 Å². The van der Waals surface area contributed by atoms with Gasteiger partial charge in [-0.05, 0) is 63.4 Å². The largest absolute Gasteiger partial charge is 0.339 e. The summed E-state index contributed by atoms with van der Waals surface area (Å²) in [7, 11) is 1.96. The van der Waals surface area contributed by atoms with Crippen LogP contribution in [0, 0.1) is 5.92 Å². The number of likely N-dealkylation sites (tertiary alicyclic amines) is 1. The second-order valence-electron chi connectivity index (χ2n) is 7.24. The van der Waals surface area contributed by atoms with Crippen molar-refractivity contribution in [2.24, 2.45) is 5.92 Å². The topological polar surface area (TPSA) is 90.5 Å². The molecule has 26 heavy (non-hydrogen) atoms. The first kappa shape index (κ1) is 18.4. The normalized spacial score (nSPS) is 23.7. The molecular weight excluding hydrogens is 332 g/mol. The summed E-state index contributed by atoms with van der Waals surface area (Å²) in [5, 5.41) is 8.05. The number of piperidine rings is 1. The molecule has 3 rings (SSSR count). The van der Waals surface area contributed by atoms with Crippen LogP contribution in [0.25, 0.3) is 0 Å². The molecule has 0 saturated carbocycles. The van der Waals surface area contributed by atoms with Crippen molar-refractivity contribution in [3.8, 4) is 0 Å². The molecule has 0 radical (unpaired) electrons. The summed E-state index contributed by atoms with van der Waals surface area (Å²) in [6.07, 6.45) is 3.23. The molecule has 2 fully saturated rings. The van der Waals surface area contributed by atoms with E-state index < -0.39 is 11.6 Å². The number of carbonyl (C=O) groups is 3. The third-order valence-corrected chi connectivity index (χ3v) is 5.46. The van der Waals surface area contributed by atoms with E-state index in [1.54, 1.807) is 31.2 Å². The predicted octanol–water partition coefficient (Wildman–Crippen LogP) is 1.20. The first-order chi connectivity index (χ1) is 12.4. The van der Waals surface area contributed by atoms with Crippen LogP contribution < -0.4 is 16.0 Å². The molecule has 2 saturated heterocycles. The third-order valence-electron chi connectivity index (χ3n) is 5.46. The van der Waals surface area contributed by atoms with Gasteiger partial charge in [-0.25, -0.2) is 4.79 Å². The summed E-state index contributed by atoms with van der Waals surface area (Å²) in [5.41, 5.74) is 0.170. The number of hydrogen-bond acceptors (Lipinski definition) is 4. The molecule has 7 heteroatoms. The Morgan fingerprint density at radius 1 is 1.23 bits per heavy atom. The van der Waals surface area contributed by atoms with E-state index in [2.05, 4.69) is 16.0 Å². The standard InChI is InChI=1S/C19H26N4O3/c1-19(17(25)21-18(26)22-19)15-5-3-14(4-6-15)16(24)23-11-8-13(9-12-23)7-10-20-2/h3-6,13,20H,7-12H2,1-2H3,(H2,21,22,25,26). The molecule has 1 aromatic carbocycles. The average Bonchev–Trinajstić information content (AvgIpc) is 2.92. The lowest BCUT2D eigenvalue weighted by atomic mass is 9.91. The van der Waals surface area contributed by atoms with E-state index in [-0.39, 0.29) is 11.8 Å². The van der Waals surface area contributed by atoms with E-state index in [4.69, 9.17) is 0 Å². The van der Waals surface area contributed by atoms with E-state index in [0.29, 0.717) is 17.0 Å². The third kappa shape index (κ3) is 3.58. The fourth-order valence-corrected chi connectivity index (χ4v) is 3.65. The molecule has 4 amide bonds. The van der Waals surface area contributed by atoms with Crippen molar-refractivity contribution in [3.63, 3.8) is 0 Å². The summed E-state index contributed by atoms with van der Waals surface area (Å²) < 4.78 is 0. The summed E-state index contributed by atoms with van der Waals surface area (Å²) in [6, 6.07) is 6.43. The Bertz CT molecular complexity index is 695. The minimum Gasteiger partial charge on any atom is -0.339 e. The fourth-order valence-electron chi connectivity index (χ4n) is 3.65. The van der Waals surface area contributed by atoms with E-state index in [0.717, 1.165) is 38.9 Å². The number of rotatable bonds is 5. The molecule has 3 N–H and O–H groups in total. The zero-order chi connectivity index (χ0) is 18.7. The van der Waals surface area contributed by atoms with Gasteiger partial charge >= 0.3 is 6.03 Å².